The van der Waals surface area contributed by atoms with E-state index in [1.54, 1.807) is 18.2 Å². The van der Waals surface area contributed by atoms with E-state index >= 15 is 0 Å². The Morgan fingerprint density at radius 2 is 1.58 bits per heavy atom. The highest BCUT2D eigenvalue weighted by Gasteiger charge is 2.34. The highest BCUT2D eigenvalue weighted by molar-refractivity contribution is 7.80. The van der Waals surface area contributed by atoms with E-state index in [1.807, 2.05) is 12.2 Å². The van der Waals surface area contributed by atoms with Crippen LogP contribution in [0.25, 0.3) is 0 Å². The second kappa shape index (κ2) is 24.1. The molecule has 0 aromatic heterocycles. The maximum atomic E-state index is 13.4. The van der Waals surface area contributed by atoms with E-state index in [9.17, 15) is 34.2 Å². The zero-order valence-electron chi connectivity index (χ0n) is 24.7. The first-order valence-electron chi connectivity index (χ1n) is 14.4. The van der Waals surface area contributed by atoms with Crippen molar-refractivity contribution >= 4 is 42.4 Å². The number of allylic oxidation sites excluding steroid dienone is 7. The molecule has 43 heavy (non-hydrogen) atoms. The minimum Gasteiger partial charge on any atom is -0.481 e. The van der Waals surface area contributed by atoms with Gasteiger partial charge in [0.15, 0.2) is 0 Å². The zero-order valence-corrected chi connectivity index (χ0v) is 25.6. The van der Waals surface area contributed by atoms with Gasteiger partial charge in [-0.15, -0.1) is 0 Å². The number of carbonyl (C=O) groups excluding carboxylic acids is 2. The Kier molecular flexibility index (Phi) is 22.2. The number of nitrogens with zero attached hydrogens (tertiary/aromatic N) is 1. The summed E-state index contributed by atoms with van der Waals surface area (Å²) >= 11 is 4.11. The number of amides is 2. The Labute approximate surface area is 258 Å². The van der Waals surface area contributed by atoms with Crippen molar-refractivity contribution in [2.75, 3.05) is 12.3 Å². The number of carboxylic acid groups (broad SMARTS) is 3. The van der Waals surface area contributed by atoms with Crippen molar-refractivity contribution in [3.8, 4) is 0 Å². The third-order valence-electron chi connectivity index (χ3n) is 6.24. The molecule has 13 heteroatoms. The van der Waals surface area contributed by atoms with Gasteiger partial charge in [-0.25, -0.2) is 0 Å². The van der Waals surface area contributed by atoms with Gasteiger partial charge in [0.25, 0.3) is 0 Å². The fourth-order valence-electron chi connectivity index (χ4n) is 3.88. The van der Waals surface area contributed by atoms with E-state index in [2.05, 4.69) is 37.0 Å². The van der Waals surface area contributed by atoms with E-state index < -0.39 is 60.5 Å². The van der Waals surface area contributed by atoms with E-state index in [0.717, 1.165) is 24.2 Å². The van der Waals surface area contributed by atoms with Gasteiger partial charge in [0, 0.05) is 18.6 Å². The third-order valence-corrected chi connectivity index (χ3v) is 6.60. The van der Waals surface area contributed by atoms with Gasteiger partial charge in [-0.05, 0) is 38.5 Å². The molecule has 0 aromatic rings. The monoisotopic (exact) mass is 625 g/mol. The predicted molar refractivity (Wildman–Crippen MR) is 167 cm³/mol. The minimum absolute atomic E-state index is 0.0378. The van der Waals surface area contributed by atoms with Crippen molar-refractivity contribution < 1.29 is 44.4 Å². The van der Waals surface area contributed by atoms with Crippen LogP contribution in [0.4, 0.5) is 0 Å². The van der Waals surface area contributed by atoms with Crippen LogP contribution in [0.5, 0.6) is 0 Å². The van der Waals surface area contributed by atoms with E-state index in [-0.39, 0.29) is 37.9 Å². The van der Waals surface area contributed by atoms with Crippen molar-refractivity contribution in [3.05, 3.63) is 48.6 Å². The molecular weight excluding hydrogens is 578 g/mol. The fraction of sp³-hybridized carbons (Fsp3) is 0.567. The number of unbranched alkanes of at least 4 members (excludes halogenated alkanes) is 3. The molecule has 0 aliphatic carbocycles. The highest BCUT2D eigenvalue weighted by Crippen LogP contribution is 2.16. The Balaban J connectivity index is 5.74. The minimum atomic E-state index is -1.37. The first-order valence-corrected chi connectivity index (χ1v) is 15.0. The fourth-order valence-corrected chi connectivity index (χ4v) is 4.13. The van der Waals surface area contributed by atoms with Crippen LogP contribution in [0, 0.1) is 0 Å². The molecule has 0 spiro atoms. The summed E-state index contributed by atoms with van der Waals surface area (Å²) in [4.78, 5) is 60.3. The second-order valence-corrected chi connectivity index (χ2v) is 10.3. The molecule has 12 nitrogen and oxygen atoms in total. The molecule has 0 fully saturated rings. The van der Waals surface area contributed by atoms with Crippen molar-refractivity contribution in [1.82, 2.24) is 10.2 Å². The molecule has 0 aliphatic rings. The van der Waals surface area contributed by atoms with Gasteiger partial charge < -0.3 is 36.4 Å². The molecule has 3 unspecified atom stereocenters. The number of nitrogens with two attached hydrogens (primary N) is 1. The molecular formula is C30H47N3O9S. The highest BCUT2D eigenvalue weighted by atomic mass is 32.1. The molecule has 0 aromatic carbocycles. The molecule has 0 heterocycles. The van der Waals surface area contributed by atoms with E-state index in [1.165, 1.54) is 18.9 Å². The number of nitrogens with one attached hydrogen (secondary N) is 1. The summed E-state index contributed by atoms with van der Waals surface area (Å²) in [5.74, 6) is -5.46. The number of rotatable bonds is 24. The molecule has 242 valence electrons. The van der Waals surface area contributed by atoms with Crippen molar-refractivity contribution in [3.63, 3.8) is 0 Å². The molecule has 0 rings (SSSR count). The summed E-state index contributed by atoms with van der Waals surface area (Å²) < 4.78 is 0. The standard InChI is InChI=1S/C30H47N3O9S/c1-2-3-4-5-6-7-8-9-10-11-12-13-15-24(25(34)16-14-17-27(36)37)33(20-28(38)39)29(40)23(21-43)32-26(35)19-18-22(31)30(41)42/h6-7,9-13,15,22-25,34,43H,2-5,8,14,16-21,31H2,1H3,(H,32,35)(H,36,37)(H,38,39)(H,41,42)/b7-6?,10-9?,12-11-,15-13+/t22?,23?,24?,25-/m0/s1. The lowest BCUT2D eigenvalue weighted by atomic mass is 10.0. The van der Waals surface area contributed by atoms with Gasteiger partial charge in [0.05, 0.1) is 12.1 Å². The first kappa shape index (κ1) is 39.6. The van der Waals surface area contributed by atoms with E-state index in [0.29, 0.717) is 0 Å². The number of aliphatic carboxylic acids is 3. The maximum absolute atomic E-state index is 13.4. The number of thiol groups is 1. The summed E-state index contributed by atoms with van der Waals surface area (Å²) in [5.41, 5.74) is 5.42. The molecule has 2 amide bonds. The van der Waals surface area contributed by atoms with Gasteiger partial charge in [0.2, 0.25) is 11.8 Å². The lowest BCUT2D eigenvalue weighted by molar-refractivity contribution is -0.148. The van der Waals surface area contributed by atoms with Gasteiger partial charge in [-0.2, -0.15) is 12.6 Å². The number of carbonyl (C=O) groups is 5. The van der Waals surface area contributed by atoms with Crippen LogP contribution in [-0.2, 0) is 24.0 Å². The average molecular weight is 626 g/mol. The average Bonchev–Trinajstić information content (AvgIpc) is 2.95. The maximum Gasteiger partial charge on any atom is 0.323 e. The normalized spacial score (nSPS) is 14.7. The number of carboxylic acids is 3. The molecule has 7 N–H and O–H groups in total. The summed E-state index contributed by atoms with van der Waals surface area (Å²) in [5, 5.41) is 40.7. The number of hydrogen-bond donors (Lipinski definition) is 7. The molecule has 0 radical (unpaired) electrons. The Hall–Kier alpha value is -3.42. The van der Waals surface area contributed by atoms with Gasteiger partial charge in [-0.3, -0.25) is 24.0 Å². The summed E-state index contributed by atoms with van der Waals surface area (Å²) in [6.07, 6.45) is 17.7. The molecule has 0 saturated carbocycles. The SMILES string of the molecule is CCCCCC=CCC=C/C=C\C=C\C([C@@H](O)CCCC(=O)O)N(CC(=O)O)C(=O)C(CS)NC(=O)CCC(N)C(=O)O. The number of aliphatic hydroxyl groups is 1. The smallest absolute Gasteiger partial charge is 0.323 e. The summed E-state index contributed by atoms with van der Waals surface area (Å²) in [6, 6.07) is -3.73. The largest absolute Gasteiger partial charge is 0.481 e. The topological polar surface area (TPSA) is 208 Å². The Morgan fingerprint density at radius 1 is 0.884 bits per heavy atom. The van der Waals surface area contributed by atoms with Crippen LogP contribution in [0.3, 0.4) is 0 Å². The van der Waals surface area contributed by atoms with Gasteiger partial charge in [0.1, 0.15) is 18.6 Å². The lowest BCUT2D eigenvalue weighted by Gasteiger charge is -2.34. The van der Waals surface area contributed by atoms with E-state index in [4.69, 9.17) is 15.9 Å². The first-order chi connectivity index (χ1) is 20.4. The number of hydrogen-bond acceptors (Lipinski definition) is 8. The van der Waals surface area contributed by atoms with Crippen molar-refractivity contribution in [2.45, 2.75) is 95.4 Å². The van der Waals surface area contributed by atoms with Crippen LogP contribution >= 0.6 is 12.6 Å². The Bertz CT molecular complexity index is 997. The van der Waals surface area contributed by atoms with Gasteiger partial charge >= 0.3 is 17.9 Å². The predicted octanol–water partition coefficient (Wildman–Crippen LogP) is 2.69. The van der Waals surface area contributed by atoms with Crippen LogP contribution in [0.1, 0.15) is 71.1 Å². The third kappa shape index (κ3) is 19.4. The second-order valence-electron chi connectivity index (χ2n) is 9.89. The summed E-state index contributed by atoms with van der Waals surface area (Å²) in [7, 11) is 0. The van der Waals surface area contributed by atoms with Crippen molar-refractivity contribution in [1.29, 1.82) is 0 Å². The van der Waals surface area contributed by atoms with Crippen LogP contribution in [0.15, 0.2) is 48.6 Å². The lowest BCUT2D eigenvalue weighted by Crippen LogP contribution is -2.56. The molecule has 4 atom stereocenters. The zero-order chi connectivity index (χ0) is 32.6. The Morgan fingerprint density at radius 3 is 2.19 bits per heavy atom. The van der Waals surface area contributed by atoms with Crippen LogP contribution in [-0.4, -0.2) is 91.6 Å². The van der Waals surface area contributed by atoms with Gasteiger partial charge in [-0.1, -0.05) is 68.4 Å². The number of aliphatic hydroxyl groups excluding tert-OH is 1. The quantitative estimate of drug-likeness (QED) is 0.0361. The molecule has 0 bridgehead atoms. The molecule has 0 aliphatic heterocycles. The van der Waals surface area contributed by atoms with Crippen LogP contribution < -0.4 is 11.1 Å². The summed E-state index contributed by atoms with van der Waals surface area (Å²) in [6.45, 7) is 1.34. The van der Waals surface area contributed by atoms with Crippen molar-refractivity contribution in [2.24, 2.45) is 5.73 Å². The van der Waals surface area contributed by atoms with Crippen LogP contribution in [0.2, 0.25) is 0 Å². The molecule has 0 saturated heterocycles.